The first-order valence-corrected chi connectivity index (χ1v) is 10.7. The fraction of sp³-hybridized carbons (Fsp3) is 0.273. The topological polar surface area (TPSA) is 126 Å². The molecule has 2 N–H and O–H groups in total. The second-order valence-electron chi connectivity index (χ2n) is 8.00. The van der Waals surface area contributed by atoms with Gasteiger partial charge in [-0.2, -0.15) is 28.2 Å². The third kappa shape index (κ3) is 5.25. The molecule has 2 aromatic heterocycles. The van der Waals surface area contributed by atoms with Crippen LogP contribution in [0.15, 0.2) is 42.9 Å². The number of nitrogens with one attached hydrogen (secondary N) is 2. The van der Waals surface area contributed by atoms with Crippen molar-refractivity contribution in [1.29, 1.82) is 5.26 Å². The third-order valence-corrected chi connectivity index (χ3v) is 5.56. The molecule has 35 heavy (non-hydrogen) atoms. The summed E-state index contributed by atoms with van der Waals surface area (Å²) in [6.45, 7) is 1.58. The number of nitriles is 1. The normalized spacial score (nSPS) is 15.1. The van der Waals surface area contributed by atoms with Gasteiger partial charge in [-0.15, -0.1) is 0 Å². The van der Waals surface area contributed by atoms with Crippen LogP contribution in [0, 0.1) is 11.3 Å². The molecule has 3 aromatic rings. The van der Waals surface area contributed by atoms with E-state index in [0.29, 0.717) is 24.7 Å². The molecule has 1 saturated carbocycles. The lowest BCUT2D eigenvalue weighted by molar-refractivity contribution is -0.137. The van der Waals surface area contributed by atoms with Gasteiger partial charge in [0.15, 0.2) is 11.6 Å². The van der Waals surface area contributed by atoms with Crippen LogP contribution in [0.3, 0.4) is 0 Å². The van der Waals surface area contributed by atoms with E-state index in [1.807, 2.05) is 0 Å². The summed E-state index contributed by atoms with van der Waals surface area (Å²) in [6.07, 6.45) is -0.921. The number of halogens is 4. The summed E-state index contributed by atoms with van der Waals surface area (Å²) in [5.74, 6) is -0.671. The van der Waals surface area contributed by atoms with Gasteiger partial charge in [0.2, 0.25) is 0 Å². The highest BCUT2D eigenvalue weighted by Gasteiger charge is 2.44. The van der Waals surface area contributed by atoms with E-state index in [1.54, 1.807) is 6.92 Å². The van der Waals surface area contributed by atoms with E-state index < -0.39 is 35.1 Å². The molecule has 1 fully saturated rings. The Balaban J connectivity index is 1.49. The molecule has 13 heteroatoms. The van der Waals surface area contributed by atoms with Crippen molar-refractivity contribution in [3.05, 3.63) is 70.4 Å². The average Bonchev–Trinajstić information content (AvgIpc) is 3.41. The second-order valence-corrected chi connectivity index (χ2v) is 8.44. The van der Waals surface area contributed by atoms with Gasteiger partial charge in [0.1, 0.15) is 11.9 Å². The number of hydrogen-bond donors (Lipinski definition) is 2. The number of pyridine rings is 1. The molecule has 1 aliphatic rings. The lowest BCUT2D eigenvalue weighted by Crippen LogP contribution is -2.35. The van der Waals surface area contributed by atoms with Crippen molar-refractivity contribution in [3.63, 3.8) is 0 Å². The molecule has 180 valence electrons. The van der Waals surface area contributed by atoms with Crippen molar-refractivity contribution in [3.8, 4) is 11.9 Å². The van der Waals surface area contributed by atoms with Crippen molar-refractivity contribution in [2.75, 3.05) is 0 Å². The van der Waals surface area contributed by atoms with Gasteiger partial charge in [-0.1, -0.05) is 11.6 Å². The summed E-state index contributed by atoms with van der Waals surface area (Å²) < 4.78 is 40.5. The van der Waals surface area contributed by atoms with Crippen molar-refractivity contribution < 1.29 is 22.8 Å². The van der Waals surface area contributed by atoms with Gasteiger partial charge in [-0.3, -0.25) is 9.59 Å². The summed E-state index contributed by atoms with van der Waals surface area (Å²) in [6, 6.07) is 6.90. The standard InChI is InChI=1S/C22H17ClF3N7O2/c1-12(31-19(34)14-6-15(22(24,25)26)8-16(23)7-14)18-29-11-30-33(18)17-3-2-13(9-28-17)20(35)32-21(10-27)4-5-21/h2-3,6-9,11-12H,4-5H2,1H3,(H,31,34)(H,32,35)/t12-/m0/s1. The number of carbonyl (C=O) groups excluding carboxylic acids is 2. The molecule has 0 radical (unpaired) electrons. The molecular formula is C22H17ClF3N7O2. The molecule has 0 spiro atoms. The molecule has 0 saturated heterocycles. The van der Waals surface area contributed by atoms with Crippen LogP contribution < -0.4 is 10.6 Å². The lowest BCUT2D eigenvalue weighted by Gasteiger charge is -2.16. The molecule has 1 atom stereocenters. The zero-order chi connectivity index (χ0) is 25.4. The van der Waals surface area contributed by atoms with Crippen LogP contribution in [0.5, 0.6) is 0 Å². The molecule has 4 rings (SSSR count). The zero-order valence-corrected chi connectivity index (χ0v) is 18.9. The van der Waals surface area contributed by atoms with Gasteiger partial charge in [-0.05, 0) is 50.1 Å². The predicted octanol–water partition coefficient (Wildman–Crippen LogP) is 3.61. The van der Waals surface area contributed by atoms with Gasteiger partial charge in [0, 0.05) is 16.8 Å². The van der Waals surface area contributed by atoms with Crippen LogP contribution in [0.2, 0.25) is 5.02 Å². The van der Waals surface area contributed by atoms with E-state index in [4.69, 9.17) is 16.9 Å². The SMILES string of the molecule is C[C@H](NC(=O)c1cc(Cl)cc(C(F)(F)F)c1)c1ncnn1-c1ccc(C(=O)NC2(C#N)CC2)cn1. The minimum atomic E-state index is -4.66. The summed E-state index contributed by atoms with van der Waals surface area (Å²) in [4.78, 5) is 33.3. The first kappa shape index (κ1) is 24.2. The quantitative estimate of drug-likeness (QED) is 0.529. The number of amides is 2. The van der Waals surface area contributed by atoms with Crippen LogP contribution >= 0.6 is 11.6 Å². The number of alkyl halides is 3. The minimum absolute atomic E-state index is 0.225. The number of aromatic nitrogens is 4. The maximum atomic E-state index is 13.1. The Hall–Kier alpha value is -3.98. The summed E-state index contributed by atoms with van der Waals surface area (Å²) in [5.41, 5.74) is -1.87. The van der Waals surface area contributed by atoms with Gasteiger partial charge in [0.25, 0.3) is 11.8 Å². The first-order valence-electron chi connectivity index (χ1n) is 10.3. The van der Waals surface area contributed by atoms with E-state index in [1.165, 1.54) is 29.3 Å². The van der Waals surface area contributed by atoms with Crippen molar-refractivity contribution in [2.24, 2.45) is 0 Å². The highest BCUT2D eigenvalue weighted by atomic mass is 35.5. The molecular weight excluding hydrogens is 487 g/mol. The zero-order valence-electron chi connectivity index (χ0n) is 18.1. The summed E-state index contributed by atoms with van der Waals surface area (Å²) in [5, 5.41) is 18.2. The lowest BCUT2D eigenvalue weighted by atomic mass is 10.1. The molecule has 1 aromatic carbocycles. The number of nitrogens with zero attached hydrogens (tertiary/aromatic N) is 5. The van der Waals surface area contributed by atoms with E-state index in [2.05, 4.69) is 31.8 Å². The van der Waals surface area contributed by atoms with Crippen molar-refractivity contribution in [1.82, 2.24) is 30.4 Å². The fourth-order valence-electron chi connectivity index (χ4n) is 3.28. The molecule has 0 unspecified atom stereocenters. The van der Waals surface area contributed by atoms with E-state index in [9.17, 15) is 22.8 Å². The number of benzene rings is 1. The highest BCUT2D eigenvalue weighted by Crippen LogP contribution is 2.34. The fourth-order valence-corrected chi connectivity index (χ4v) is 3.51. The summed E-state index contributed by atoms with van der Waals surface area (Å²) >= 11 is 5.76. The molecule has 2 heterocycles. The maximum Gasteiger partial charge on any atom is 0.416 e. The molecule has 0 bridgehead atoms. The Bertz CT molecular complexity index is 1330. The van der Waals surface area contributed by atoms with Crippen molar-refractivity contribution in [2.45, 2.75) is 37.5 Å². The molecule has 1 aliphatic carbocycles. The van der Waals surface area contributed by atoms with Crippen LogP contribution in [-0.2, 0) is 6.18 Å². The first-order chi connectivity index (χ1) is 16.5. The van der Waals surface area contributed by atoms with E-state index >= 15 is 0 Å². The Morgan fingerprint density at radius 2 is 1.91 bits per heavy atom. The van der Waals surface area contributed by atoms with Crippen LogP contribution in [-0.4, -0.2) is 37.1 Å². The molecule has 2 amide bonds. The highest BCUT2D eigenvalue weighted by molar-refractivity contribution is 6.31. The Morgan fingerprint density at radius 1 is 1.17 bits per heavy atom. The molecule has 0 aliphatic heterocycles. The van der Waals surface area contributed by atoms with Crippen LogP contribution in [0.1, 0.15) is 57.9 Å². The van der Waals surface area contributed by atoms with E-state index in [0.717, 1.165) is 12.1 Å². The second kappa shape index (κ2) is 8.99. The third-order valence-electron chi connectivity index (χ3n) is 5.34. The van der Waals surface area contributed by atoms with Gasteiger partial charge in [-0.25, -0.2) is 9.97 Å². The van der Waals surface area contributed by atoms with Gasteiger partial charge >= 0.3 is 6.18 Å². The Labute approximate surface area is 201 Å². The Kier molecular flexibility index (Phi) is 6.21. The Morgan fingerprint density at radius 3 is 2.51 bits per heavy atom. The van der Waals surface area contributed by atoms with Crippen LogP contribution in [0.4, 0.5) is 13.2 Å². The molecule has 9 nitrogen and oxygen atoms in total. The number of carbonyl (C=O) groups is 2. The van der Waals surface area contributed by atoms with Gasteiger partial charge in [0.05, 0.1) is 23.2 Å². The predicted molar refractivity (Wildman–Crippen MR) is 117 cm³/mol. The summed E-state index contributed by atoms with van der Waals surface area (Å²) in [7, 11) is 0. The van der Waals surface area contributed by atoms with Gasteiger partial charge < -0.3 is 10.6 Å². The monoisotopic (exact) mass is 503 g/mol. The maximum absolute atomic E-state index is 13.1. The van der Waals surface area contributed by atoms with Crippen molar-refractivity contribution >= 4 is 23.4 Å². The largest absolute Gasteiger partial charge is 0.416 e. The average molecular weight is 504 g/mol. The number of hydrogen-bond acceptors (Lipinski definition) is 6. The number of rotatable bonds is 6. The van der Waals surface area contributed by atoms with Crippen LogP contribution in [0.25, 0.3) is 5.82 Å². The van der Waals surface area contributed by atoms with E-state index in [-0.39, 0.29) is 22.0 Å². The smallest absolute Gasteiger partial charge is 0.342 e. The minimum Gasteiger partial charge on any atom is -0.342 e.